The van der Waals surface area contributed by atoms with Gasteiger partial charge in [0.1, 0.15) is 11.6 Å². The first-order chi connectivity index (χ1) is 12.1. The average molecular weight is 343 g/mol. The maximum Gasteiger partial charge on any atom is 0.168 e. The summed E-state index contributed by atoms with van der Waals surface area (Å²) in [7, 11) is 3.36. The Morgan fingerprint density at radius 2 is 2.00 bits per heavy atom. The number of rotatable bonds is 6. The molecule has 0 aliphatic carbocycles. The van der Waals surface area contributed by atoms with Crippen LogP contribution in [0.15, 0.2) is 30.5 Å². The molecule has 1 aliphatic heterocycles. The second-order valence-electron chi connectivity index (χ2n) is 6.41. The van der Waals surface area contributed by atoms with Crippen molar-refractivity contribution in [1.82, 2.24) is 9.78 Å². The van der Waals surface area contributed by atoms with Crippen LogP contribution in [0, 0.1) is 0 Å². The molecule has 6 heteroatoms. The van der Waals surface area contributed by atoms with E-state index in [1.165, 1.54) is 0 Å². The molecule has 0 amide bonds. The molecular weight excluding hydrogens is 318 g/mol. The van der Waals surface area contributed by atoms with Crippen molar-refractivity contribution in [3.63, 3.8) is 0 Å². The molecule has 25 heavy (non-hydrogen) atoms. The lowest BCUT2D eigenvalue weighted by atomic mass is 10.1. The molecule has 1 aromatic heterocycles. The van der Waals surface area contributed by atoms with Crippen LogP contribution in [0.3, 0.4) is 0 Å². The number of carbonyl (C=O) groups excluding carboxylic acids is 1. The molecule has 0 saturated carbocycles. The van der Waals surface area contributed by atoms with Crippen LogP contribution < -0.4 is 9.64 Å². The van der Waals surface area contributed by atoms with Crippen LogP contribution in [0.5, 0.6) is 5.75 Å². The van der Waals surface area contributed by atoms with Crippen LogP contribution in [0.2, 0.25) is 0 Å². The normalized spacial score (nSPS) is 15.6. The summed E-state index contributed by atoms with van der Waals surface area (Å²) in [6, 6.07) is 8.10. The molecule has 1 atom stereocenters. The lowest BCUT2D eigenvalue weighted by Gasteiger charge is -2.30. The van der Waals surface area contributed by atoms with E-state index in [-0.39, 0.29) is 11.8 Å². The highest BCUT2D eigenvalue weighted by atomic mass is 16.5. The number of Topliss-reactive ketones (excluding diaryl/α,β-unsaturated/α-hetero) is 1. The van der Waals surface area contributed by atoms with Gasteiger partial charge < -0.3 is 14.4 Å². The average Bonchev–Trinajstić information content (AvgIpc) is 2.94. The van der Waals surface area contributed by atoms with Gasteiger partial charge >= 0.3 is 0 Å². The van der Waals surface area contributed by atoms with E-state index in [2.05, 4.69) is 16.9 Å². The number of ketones is 1. The smallest absolute Gasteiger partial charge is 0.168 e. The van der Waals surface area contributed by atoms with Gasteiger partial charge in [0.15, 0.2) is 5.78 Å². The van der Waals surface area contributed by atoms with Crippen LogP contribution in [0.4, 0.5) is 5.82 Å². The summed E-state index contributed by atoms with van der Waals surface area (Å²) in [6.45, 7) is 4.18. The summed E-state index contributed by atoms with van der Waals surface area (Å²) in [5, 5.41) is 4.50. The Labute approximate surface area is 148 Å². The zero-order valence-electron chi connectivity index (χ0n) is 15.1. The Kier molecular flexibility index (Phi) is 5.38. The van der Waals surface area contributed by atoms with E-state index in [0.717, 1.165) is 30.1 Å². The highest BCUT2D eigenvalue weighted by Gasteiger charge is 2.28. The summed E-state index contributed by atoms with van der Waals surface area (Å²) < 4.78 is 12.5. The van der Waals surface area contributed by atoms with Crippen molar-refractivity contribution < 1.29 is 14.3 Å². The number of benzene rings is 1. The van der Waals surface area contributed by atoms with Crippen molar-refractivity contribution in [2.75, 3.05) is 32.3 Å². The van der Waals surface area contributed by atoms with Gasteiger partial charge in [-0.05, 0) is 31.0 Å². The van der Waals surface area contributed by atoms with Crippen molar-refractivity contribution >= 4 is 11.6 Å². The van der Waals surface area contributed by atoms with Crippen LogP contribution in [-0.2, 0) is 11.3 Å². The first-order valence-electron chi connectivity index (χ1n) is 8.61. The molecule has 0 fully saturated rings. The highest BCUT2D eigenvalue weighted by molar-refractivity contribution is 6.01. The molecule has 2 heterocycles. The van der Waals surface area contributed by atoms with Gasteiger partial charge in [0.05, 0.1) is 38.1 Å². The van der Waals surface area contributed by atoms with Crippen molar-refractivity contribution in [3.8, 4) is 5.75 Å². The van der Waals surface area contributed by atoms with E-state index < -0.39 is 0 Å². The number of aromatic nitrogens is 2. The molecule has 1 aromatic carbocycles. The number of nitrogens with zero attached hydrogens (tertiary/aromatic N) is 3. The summed E-state index contributed by atoms with van der Waals surface area (Å²) in [4.78, 5) is 14.7. The Hall–Kier alpha value is -2.34. The first-order valence-corrected chi connectivity index (χ1v) is 8.61. The largest absolute Gasteiger partial charge is 0.497 e. The monoisotopic (exact) mass is 343 g/mol. The van der Waals surface area contributed by atoms with Gasteiger partial charge in [-0.3, -0.25) is 4.79 Å². The summed E-state index contributed by atoms with van der Waals surface area (Å²) >= 11 is 0. The Balaban J connectivity index is 1.93. The summed E-state index contributed by atoms with van der Waals surface area (Å²) in [6.07, 6.45) is 3.13. The van der Waals surface area contributed by atoms with Gasteiger partial charge in [0.25, 0.3) is 0 Å². The SMILES string of the molecule is COCC(C)N1CCCC(=O)c2cnn(Cc3ccc(OC)cc3)c21. The third-order valence-corrected chi connectivity index (χ3v) is 4.62. The lowest BCUT2D eigenvalue weighted by Crippen LogP contribution is -2.38. The third-order valence-electron chi connectivity index (χ3n) is 4.62. The van der Waals surface area contributed by atoms with E-state index in [1.807, 2.05) is 28.9 Å². The fraction of sp³-hybridized carbons (Fsp3) is 0.474. The molecule has 1 aliphatic rings. The third kappa shape index (κ3) is 3.69. The van der Waals surface area contributed by atoms with Crippen LogP contribution in [0.25, 0.3) is 0 Å². The topological polar surface area (TPSA) is 56.6 Å². The zero-order valence-corrected chi connectivity index (χ0v) is 15.1. The predicted molar refractivity (Wildman–Crippen MR) is 96.6 cm³/mol. The van der Waals surface area contributed by atoms with Gasteiger partial charge in [-0.25, -0.2) is 4.68 Å². The fourth-order valence-electron chi connectivity index (χ4n) is 3.31. The molecule has 0 bridgehead atoms. The Morgan fingerprint density at radius 1 is 1.24 bits per heavy atom. The van der Waals surface area contributed by atoms with Crippen molar-refractivity contribution in [1.29, 1.82) is 0 Å². The quantitative estimate of drug-likeness (QED) is 0.807. The van der Waals surface area contributed by atoms with E-state index in [1.54, 1.807) is 20.4 Å². The molecule has 2 aromatic rings. The van der Waals surface area contributed by atoms with Gasteiger partial charge in [-0.1, -0.05) is 12.1 Å². The number of methoxy groups -OCH3 is 2. The van der Waals surface area contributed by atoms with E-state index in [9.17, 15) is 4.79 Å². The molecular formula is C19H25N3O3. The van der Waals surface area contributed by atoms with E-state index >= 15 is 0 Å². The van der Waals surface area contributed by atoms with Crippen molar-refractivity contribution in [3.05, 3.63) is 41.6 Å². The molecule has 0 N–H and O–H groups in total. The summed E-state index contributed by atoms with van der Waals surface area (Å²) in [5.74, 6) is 1.90. The lowest BCUT2D eigenvalue weighted by molar-refractivity contribution is 0.0983. The fourth-order valence-corrected chi connectivity index (χ4v) is 3.31. The minimum atomic E-state index is 0.170. The van der Waals surface area contributed by atoms with Crippen molar-refractivity contribution in [2.45, 2.75) is 32.4 Å². The van der Waals surface area contributed by atoms with Crippen LogP contribution in [-0.4, -0.2) is 49.0 Å². The molecule has 134 valence electrons. The van der Waals surface area contributed by atoms with Gasteiger partial charge in [0.2, 0.25) is 0 Å². The maximum absolute atomic E-state index is 12.5. The summed E-state index contributed by atoms with van der Waals surface area (Å²) in [5.41, 5.74) is 1.83. The molecule has 0 saturated heterocycles. The van der Waals surface area contributed by atoms with Gasteiger partial charge in [-0.15, -0.1) is 0 Å². The second kappa shape index (κ2) is 7.70. The number of anilines is 1. The van der Waals surface area contributed by atoms with E-state index in [4.69, 9.17) is 9.47 Å². The minimum absolute atomic E-state index is 0.170. The number of ether oxygens (including phenoxy) is 2. The standard InChI is InChI=1S/C19H25N3O3/c1-14(13-24-2)21-10-4-5-18(23)17-11-20-22(19(17)21)12-15-6-8-16(25-3)9-7-15/h6-9,11,14H,4-5,10,12-13H2,1-3H3. The molecule has 0 spiro atoms. The number of hydrogen-bond acceptors (Lipinski definition) is 5. The molecule has 1 unspecified atom stereocenters. The molecule has 0 radical (unpaired) electrons. The Morgan fingerprint density at radius 3 is 2.68 bits per heavy atom. The second-order valence-corrected chi connectivity index (χ2v) is 6.41. The number of hydrogen-bond donors (Lipinski definition) is 0. The predicted octanol–water partition coefficient (Wildman–Crippen LogP) is 2.76. The first kappa shape index (κ1) is 17.5. The number of fused-ring (bicyclic) bond motifs is 1. The zero-order chi connectivity index (χ0) is 17.8. The van der Waals surface area contributed by atoms with E-state index in [0.29, 0.717) is 25.1 Å². The minimum Gasteiger partial charge on any atom is -0.497 e. The molecule has 3 rings (SSSR count). The molecule has 6 nitrogen and oxygen atoms in total. The van der Waals surface area contributed by atoms with Crippen LogP contribution >= 0.6 is 0 Å². The van der Waals surface area contributed by atoms with Crippen molar-refractivity contribution in [2.24, 2.45) is 0 Å². The highest BCUT2D eigenvalue weighted by Crippen LogP contribution is 2.29. The van der Waals surface area contributed by atoms with Crippen LogP contribution in [0.1, 0.15) is 35.7 Å². The maximum atomic E-state index is 12.5. The van der Waals surface area contributed by atoms with Gasteiger partial charge in [-0.2, -0.15) is 5.10 Å². The van der Waals surface area contributed by atoms with Gasteiger partial charge in [0, 0.05) is 20.1 Å². The Bertz CT molecular complexity index is 724. The number of carbonyl (C=O) groups is 1.